The molecule has 2 N–H and O–H groups in total. The number of aromatic hydroxyl groups is 1. The molecule has 3 aromatic rings. The zero-order valence-corrected chi connectivity index (χ0v) is 14.9. The Morgan fingerprint density at radius 2 is 2.04 bits per heavy atom. The molecule has 1 aliphatic rings. The van der Waals surface area contributed by atoms with Gasteiger partial charge in [0, 0.05) is 11.3 Å². The minimum atomic E-state index is -0.557. The van der Waals surface area contributed by atoms with Crippen LogP contribution in [0.3, 0.4) is 0 Å². The van der Waals surface area contributed by atoms with E-state index >= 15 is 0 Å². The van der Waals surface area contributed by atoms with Crippen LogP contribution in [0.5, 0.6) is 11.5 Å². The number of nitrogens with one attached hydrogen (secondary N) is 1. The molecule has 0 radical (unpaired) electrons. The Labute approximate surface area is 157 Å². The highest BCUT2D eigenvalue weighted by molar-refractivity contribution is 6.01. The molecule has 27 heavy (non-hydrogen) atoms. The Kier molecular flexibility index (Phi) is 4.46. The van der Waals surface area contributed by atoms with Gasteiger partial charge < -0.3 is 24.5 Å². The van der Waals surface area contributed by atoms with E-state index in [4.69, 9.17) is 9.15 Å². The van der Waals surface area contributed by atoms with Gasteiger partial charge in [-0.2, -0.15) is 0 Å². The third-order valence-electron chi connectivity index (χ3n) is 4.53. The topological polar surface area (TPSA) is 74.9 Å². The van der Waals surface area contributed by atoms with Crippen molar-refractivity contribution >= 4 is 11.6 Å². The molecular weight excluding hydrogens is 344 g/mol. The summed E-state index contributed by atoms with van der Waals surface area (Å²) in [4.78, 5) is 14.8. The van der Waals surface area contributed by atoms with Crippen molar-refractivity contribution in [2.75, 3.05) is 11.9 Å². The van der Waals surface area contributed by atoms with E-state index < -0.39 is 6.17 Å². The van der Waals surface area contributed by atoms with Crippen LogP contribution in [0.25, 0.3) is 0 Å². The van der Waals surface area contributed by atoms with Crippen LogP contribution in [-0.2, 0) is 6.54 Å². The van der Waals surface area contributed by atoms with E-state index in [1.54, 1.807) is 41.5 Å². The first-order chi connectivity index (χ1) is 13.2. The van der Waals surface area contributed by atoms with Crippen LogP contribution >= 0.6 is 0 Å². The first kappa shape index (κ1) is 17.0. The van der Waals surface area contributed by atoms with Crippen molar-refractivity contribution in [1.82, 2.24) is 4.90 Å². The molecule has 0 fully saturated rings. The maximum Gasteiger partial charge on any atom is 0.258 e. The van der Waals surface area contributed by atoms with Gasteiger partial charge in [0.1, 0.15) is 23.4 Å². The fourth-order valence-corrected chi connectivity index (χ4v) is 3.28. The number of furan rings is 1. The third kappa shape index (κ3) is 3.21. The fraction of sp³-hybridized carbons (Fsp3) is 0.190. The number of benzene rings is 2. The second kappa shape index (κ2) is 7.07. The van der Waals surface area contributed by atoms with Gasteiger partial charge in [0.15, 0.2) is 0 Å². The number of ether oxygens (including phenoxy) is 1. The molecule has 0 bridgehead atoms. The quantitative estimate of drug-likeness (QED) is 0.711. The molecule has 1 atom stereocenters. The molecule has 4 rings (SSSR count). The van der Waals surface area contributed by atoms with Gasteiger partial charge in [-0.3, -0.25) is 4.79 Å². The normalized spacial score (nSPS) is 16.0. The predicted octanol–water partition coefficient (Wildman–Crippen LogP) is 4.15. The number of hydrogen-bond donors (Lipinski definition) is 2. The van der Waals surface area contributed by atoms with E-state index in [0.717, 1.165) is 5.69 Å². The van der Waals surface area contributed by atoms with Gasteiger partial charge in [0.25, 0.3) is 5.91 Å². The number of phenolic OH excluding ortho intramolecular Hbond substituents is 1. The zero-order valence-electron chi connectivity index (χ0n) is 14.9. The molecule has 0 spiro atoms. The Balaban J connectivity index is 1.78. The van der Waals surface area contributed by atoms with E-state index in [9.17, 15) is 9.90 Å². The third-order valence-corrected chi connectivity index (χ3v) is 4.53. The van der Waals surface area contributed by atoms with Crippen LogP contribution in [0.2, 0.25) is 0 Å². The van der Waals surface area contributed by atoms with Crippen molar-refractivity contribution in [3.8, 4) is 11.5 Å². The number of fused-ring (bicyclic) bond motifs is 1. The minimum absolute atomic E-state index is 0.0904. The number of hydrogen-bond acceptors (Lipinski definition) is 5. The Morgan fingerprint density at radius 3 is 2.81 bits per heavy atom. The number of amides is 1. The molecule has 1 aliphatic heterocycles. The van der Waals surface area contributed by atoms with Crippen molar-refractivity contribution in [3.63, 3.8) is 0 Å². The number of para-hydroxylation sites is 1. The van der Waals surface area contributed by atoms with Crippen molar-refractivity contribution in [2.24, 2.45) is 0 Å². The highest BCUT2D eigenvalue weighted by Crippen LogP contribution is 2.38. The number of anilines is 1. The molecule has 1 aromatic heterocycles. The summed E-state index contributed by atoms with van der Waals surface area (Å²) >= 11 is 0. The molecule has 2 heterocycles. The fourth-order valence-electron chi connectivity index (χ4n) is 3.28. The van der Waals surface area contributed by atoms with Gasteiger partial charge in [-0.05, 0) is 49.4 Å². The van der Waals surface area contributed by atoms with Gasteiger partial charge >= 0.3 is 0 Å². The maximum absolute atomic E-state index is 13.2. The van der Waals surface area contributed by atoms with E-state index in [1.807, 2.05) is 31.2 Å². The summed E-state index contributed by atoms with van der Waals surface area (Å²) in [5.41, 5.74) is 1.88. The standard InChI is InChI=1S/C21H20N2O4/c1-2-26-14-9-10-19(24)17(12-14)20-22-18-8-4-3-7-16(18)21(25)23(20)13-15-6-5-11-27-15/h3-12,20,22,24H,2,13H2,1H3. The van der Waals surface area contributed by atoms with E-state index in [1.165, 1.54) is 0 Å². The summed E-state index contributed by atoms with van der Waals surface area (Å²) in [5.74, 6) is 1.26. The number of rotatable bonds is 5. The van der Waals surface area contributed by atoms with Crippen LogP contribution in [0, 0.1) is 0 Å². The molecule has 138 valence electrons. The van der Waals surface area contributed by atoms with E-state index in [0.29, 0.717) is 29.2 Å². The second-order valence-corrected chi connectivity index (χ2v) is 6.26. The molecule has 6 heteroatoms. The average Bonchev–Trinajstić information content (AvgIpc) is 3.19. The largest absolute Gasteiger partial charge is 0.508 e. The van der Waals surface area contributed by atoms with Crippen LogP contribution < -0.4 is 10.1 Å². The van der Waals surface area contributed by atoms with Crippen LogP contribution in [0.1, 0.15) is 34.8 Å². The summed E-state index contributed by atoms with van der Waals surface area (Å²) in [5, 5.41) is 13.8. The first-order valence-corrected chi connectivity index (χ1v) is 8.82. The van der Waals surface area contributed by atoms with Gasteiger partial charge in [-0.1, -0.05) is 12.1 Å². The van der Waals surface area contributed by atoms with Gasteiger partial charge in [-0.25, -0.2) is 0 Å². The summed E-state index contributed by atoms with van der Waals surface area (Å²) < 4.78 is 11.0. The van der Waals surface area contributed by atoms with Gasteiger partial charge in [-0.15, -0.1) is 0 Å². The summed E-state index contributed by atoms with van der Waals surface area (Å²) in [6.45, 7) is 2.69. The van der Waals surface area contributed by atoms with Crippen molar-refractivity contribution in [3.05, 3.63) is 77.7 Å². The lowest BCUT2D eigenvalue weighted by atomic mass is 10.0. The average molecular weight is 364 g/mol. The summed E-state index contributed by atoms with van der Waals surface area (Å²) in [6, 6.07) is 16.0. The van der Waals surface area contributed by atoms with E-state index in [-0.39, 0.29) is 18.2 Å². The Morgan fingerprint density at radius 1 is 1.19 bits per heavy atom. The molecule has 1 unspecified atom stereocenters. The molecule has 1 amide bonds. The molecule has 2 aromatic carbocycles. The highest BCUT2D eigenvalue weighted by Gasteiger charge is 2.34. The molecule has 0 saturated heterocycles. The van der Waals surface area contributed by atoms with Gasteiger partial charge in [0.05, 0.1) is 25.0 Å². The van der Waals surface area contributed by atoms with Crippen LogP contribution in [0.15, 0.2) is 65.3 Å². The second-order valence-electron chi connectivity index (χ2n) is 6.26. The van der Waals surface area contributed by atoms with E-state index in [2.05, 4.69) is 5.32 Å². The molecule has 6 nitrogen and oxygen atoms in total. The Bertz CT molecular complexity index is 953. The first-order valence-electron chi connectivity index (χ1n) is 8.82. The monoisotopic (exact) mass is 364 g/mol. The lowest BCUT2D eigenvalue weighted by molar-refractivity contribution is 0.0649. The van der Waals surface area contributed by atoms with Crippen molar-refractivity contribution in [2.45, 2.75) is 19.6 Å². The Hall–Kier alpha value is -3.41. The summed E-state index contributed by atoms with van der Waals surface area (Å²) in [6.07, 6.45) is 1.02. The van der Waals surface area contributed by atoms with Crippen molar-refractivity contribution in [1.29, 1.82) is 0 Å². The molecular formula is C21H20N2O4. The number of carbonyl (C=O) groups excluding carboxylic acids is 1. The van der Waals surface area contributed by atoms with Crippen molar-refractivity contribution < 1.29 is 19.1 Å². The molecule has 0 aliphatic carbocycles. The minimum Gasteiger partial charge on any atom is -0.508 e. The summed E-state index contributed by atoms with van der Waals surface area (Å²) in [7, 11) is 0. The lowest BCUT2D eigenvalue weighted by Crippen LogP contribution is -2.42. The maximum atomic E-state index is 13.2. The molecule has 0 saturated carbocycles. The number of carbonyl (C=O) groups is 1. The zero-order chi connectivity index (χ0) is 18.8. The number of phenols is 1. The predicted molar refractivity (Wildman–Crippen MR) is 101 cm³/mol. The van der Waals surface area contributed by atoms with Crippen LogP contribution in [0.4, 0.5) is 5.69 Å². The highest BCUT2D eigenvalue weighted by atomic mass is 16.5. The SMILES string of the molecule is CCOc1ccc(O)c(C2Nc3ccccc3C(=O)N2Cc2ccco2)c1. The van der Waals surface area contributed by atoms with Gasteiger partial charge in [0.2, 0.25) is 0 Å². The smallest absolute Gasteiger partial charge is 0.258 e. The number of nitrogens with zero attached hydrogens (tertiary/aromatic N) is 1. The van der Waals surface area contributed by atoms with Crippen LogP contribution in [-0.4, -0.2) is 22.5 Å². The lowest BCUT2D eigenvalue weighted by Gasteiger charge is -2.38.